The van der Waals surface area contributed by atoms with E-state index in [2.05, 4.69) is 53.9 Å². The number of aromatic nitrogens is 3. The first-order chi connectivity index (χ1) is 13.0. The van der Waals surface area contributed by atoms with Crippen molar-refractivity contribution in [1.82, 2.24) is 15.0 Å². The van der Waals surface area contributed by atoms with Crippen molar-refractivity contribution in [2.24, 2.45) is 5.41 Å². The molecule has 1 aromatic carbocycles. The molecule has 0 amide bonds. The maximum Gasteiger partial charge on any atom is 0.435 e. The van der Waals surface area contributed by atoms with Gasteiger partial charge in [0.25, 0.3) is 0 Å². The number of aromatic amines is 1. The Balaban J connectivity index is 1.88. The molecule has 0 saturated carbocycles. The van der Waals surface area contributed by atoms with Gasteiger partial charge in [-0.3, -0.25) is 4.98 Å². The van der Waals surface area contributed by atoms with Crippen LogP contribution in [0.4, 0.5) is 13.2 Å². The van der Waals surface area contributed by atoms with E-state index in [9.17, 15) is 13.2 Å². The number of thiophene rings is 1. The Kier molecular flexibility index (Phi) is 4.26. The molecular formula is C21H20F3N3S. The molecule has 0 unspecified atom stereocenters. The Bertz CT molecular complexity index is 1180. The van der Waals surface area contributed by atoms with E-state index in [0.29, 0.717) is 5.69 Å². The molecule has 0 atom stereocenters. The zero-order chi connectivity index (χ0) is 20.3. The molecule has 0 saturated heterocycles. The molecule has 4 rings (SSSR count). The van der Waals surface area contributed by atoms with Crippen LogP contribution < -0.4 is 0 Å². The van der Waals surface area contributed by atoms with E-state index in [-0.39, 0.29) is 16.9 Å². The number of fused-ring (bicyclic) bond motifs is 3. The molecule has 0 aliphatic rings. The molecule has 0 fully saturated rings. The van der Waals surface area contributed by atoms with Crippen molar-refractivity contribution in [2.75, 3.05) is 0 Å². The first-order valence-electron chi connectivity index (χ1n) is 8.97. The average Bonchev–Trinajstić information content (AvgIpc) is 3.12. The lowest BCUT2D eigenvalue weighted by Crippen LogP contribution is -2.08. The minimum absolute atomic E-state index is 0.00474. The topological polar surface area (TPSA) is 41.6 Å². The van der Waals surface area contributed by atoms with Gasteiger partial charge in [-0.1, -0.05) is 32.9 Å². The Morgan fingerprint density at radius 1 is 1.07 bits per heavy atom. The van der Waals surface area contributed by atoms with Gasteiger partial charge in [0, 0.05) is 27.4 Å². The molecule has 0 spiro atoms. The summed E-state index contributed by atoms with van der Waals surface area (Å²) < 4.78 is 41.4. The fourth-order valence-corrected chi connectivity index (χ4v) is 4.74. The van der Waals surface area contributed by atoms with Crippen LogP contribution >= 0.6 is 11.3 Å². The van der Waals surface area contributed by atoms with E-state index in [1.807, 2.05) is 6.07 Å². The monoisotopic (exact) mass is 403 g/mol. The predicted octanol–water partition coefficient (Wildman–Crippen LogP) is 6.76. The molecule has 0 aliphatic heterocycles. The summed E-state index contributed by atoms with van der Waals surface area (Å²) in [6.07, 6.45) is -1.92. The van der Waals surface area contributed by atoms with Gasteiger partial charge in [0.15, 0.2) is 11.5 Å². The van der Waals surface area contributed by atoms with Crippen LogP contribution in [0.5, 0.6) is 0 Å². The molecule has 0 radical (unpaired) electrons. The third-order valence-electron chi connectivity index (χ3n) is 4.56. The van der Waals surface area contributed by atoms with Crippen molar-refractivity contribution < 1.29 is 13.2 Å². The van der Waals surface area contributed by atoms with E-state index in [0.717, 1.165) is 26.6 Å². The van der Waals surface area contributed by atoms with E-state index >= 15 is 0 Å². The first kappa shape index (κ1) is 18.9. The summed E-state index contributed by atoms with van der Waals surface area (Å²) in [5.41, 5.74) is 0.977. The van der Waals surface area contributed by atoms with Crippen LogP contribution in [0, 0.1) is 12.3 Å². The number of aryl methyl sites for hydroxylation is 1. The maximum absolute atomic E-state index is 13.1. The van der Waals surface area contributed by atoms with Crippen molar-refractivity contribution in [3.8, 4) is 11.5 Å². The van der Waals surface area contributed by atoms with Gasteiger partial charge in [0.1, 0.15) is 5.69 Å². The number of imidazole rings is 1. The molecule has 0 aliphatic carbocycles. The number of nitrogens with zero attached hydrogens (tertiary/aromatic N) is 2. The lowest BCUT2D eigenvalue weighted by molar-refractivity contribution is -0.141. The lowest BCUT2D eigenvalue weighted by atomic mass is 9.88. The standard InChI is InChI=1S/C21H20F3N3S/c1-11-18(21(22,23)24)27-19(26-11)16-17-14(7-8-25-16)13-6-5-12(9-15(13)28-17)10-20(2,3)4/h5-9H,10H2,1-4H3,(H,26,27). The molecule has 28 heavy (non-hydrogen) atoms. The maximum atomic E-state index is 13.1. The number of benzene rings is 1. The largest absolute Gasteiger partial charge is 0.435 e. The highest BCUT2D eigenvalue weighted by atomic mass is 32.1. The van der Waals surface area contributed by atoms with Crippen molar-refractivity contribution in [3.05, 3.63) is 47.4 Å². The molecule has 3 heterocycles. The number of hydrogen-bond acceptors (Lipinski definition) is 3. The minimum atomic E-state index is -4.49. The molecule has 7 heteroatoms. The molecule has 0 bridgehead atoms. The van der Waals surface area contributed by atoms with Gasteiger partial charge < -0.3 is 4.98 Å². The number of alkyl halides is 3. The van der Waals surface area contributed by atoms with Crippen LogP contribution in [0.1, 0.15) is 37.7 Å². The number of hydrogen-bond donors (Lipinski definition) is 1. The summed E-state index contributed by atoms with van der Waals surface area (Å²) in [6.45, 7) is 7.97. The summed E-state index contributed by atoms with van der Waals surface area (Å²) in [5.74, 6) is 0.150. The average molecular weight is 403 g/mol. The molecule has 1 N–H and O–H groups in total. The van der Waals surface area contributed by atoms with Gasteiger partial charge >= 0.3 is 6.18 Å². The number of H-pyrrole nitrogens is 1. The van der Waals surface area contributed by atoms with Crippen LogP contribution in [-0.4, -0.2) is 15.0 Å². The lowest BCUT2D eigenvalue weighted by Gasteiger charge is -2.17. The Morgan fingerprint density at radius 3 is 2.46 bits per heavy atom. The SMILES string of the molecule is Cc1[nH]c(-c2nccc3c2sc2cc(CC(C)(C)C)ccc23)nc1C(F)(F)F. The second-order valence-electron chi connectivity index (χ2n) is 8.26. The van der Waals surface area contributed by atoms with E-state index in [1.165, 1.54) is 12.5 Å². The van der Waals surface area contributed by atoms with Gasteiger partial charge in [0.2, 0.25) is 0 Å². The Hall–Kier alpha value is -2.41. The van der Waals surface area contributed by atoms with Gasteiger partial charge in [-0.15, -0.1) is 11.3 Å². The highest BCUT2D eigenvalue weighted by Gasteiger charge is 2.36. The van der Waals surface area contributed by atoms with Crippen LogP contribution in [0.3, 0.4) is 0 Å². The van der Waals surface area contributed by atoms with Gasteiger partial charge in [0.05, 0.1) is 4.70 Å². The van der Waals surface area contributed by atoms with Crippen LogP contribution in [-0.2, 0) is 12.6 Å². The second-order valence-corrected chi connectivity index (χ2v) is 9.32. The number of rotatable bonds is 2. The zero-order valence-corrected chi connectivity index (χ0v) is 16.8. The quantitative estimate of drug-likeness (QED) is 0.402. The van der Waals surface area contributed by atoms with Gasteiger partial charge in [-0.2, -0.15) is 13.2 Å². The molecule has 3 nitrogen and oxygen atoms in total. The number of pyridine rings is 1. The number of halogens is 3. The summed E-state index contributed by atoms with van der Waals surface area (Å²) in [5, 5.41) is 2.07. The second kappa shape index (κ2) is 6.30. The Labute approximate surface area is 164 Å². The predicted molar refractivity (Wildman–Crippen MR) is 108 cm³/mol. The summed E-state index contributed by atoms with van der Waals surface area (Å²) in [6, 6.07) is 8.29. The molecule has 146 valence electrons. The van der Waals surface area contributed by atoms with Crippen LogP contribution in [0.15, 0.2) is 30.5 Å². The normalized spacial score (nSPS) is 13.0. The van der Waals surface area contributed by atoms with Gasteiger partial charge in [-0.05, 0) is 36.5 Å². The highest BCUT2D eigenvalue weighted by molar-refractivity contribution is 7.26. The van der Waals surface area contributed by atoms with E-state index in [1.54, 1.807) is 17.5 Å². The molecule has 4 aromatic rings. The smallest absolute Gasteiger partial charge is 0.340 e. The summed E-state index contributed by atoms with van der Waals surface area (Å²) in [4.78, 5) is 10.9. The van der Waals surface area contributed by atoms with E-state index in [4.69, 9.17) is 0 Å². The van der Waals surface area contributed by atoms with Crippen molar-refractivity contribution >= 4 is 31.5 Å². The minimum Gasteiger partial charge on any atom is -0.340 e. The van der Waals surface area contributed by atoms with Crippen molar-refractivity contribution in [3.63, 3.8) is 0 Å². The van der Waals surface area contributed by atoms with Crippen molar-refractivity contribution in [1.29, 1.82) is 0 Å². The fraction of sp³-hybridized carbons (Fsp3) is 0.333. The third-order valence-corrected chi connectivity index (χ3v) is 5.74. The van der Waals surface area contributed by atoms with E-state index < -0.39 is 11.9 Å². The molecular weight excluding hydrogens is 383 g/mol. The van der Waals surface area contributed by atoms with Crippen LogP contribution in [0.25, 0.3) is 31.7 Å². The van der Waals surface area contributed by atoms with Crippen molar-refractivity contribution in [2.45, 2.75) is 40.3 Å². The number of nitrogens with one attached hydrogen (secondary N) is 1. The summed E-state index contributed by atoms with van der Waals surface area (Å²) in [7, 11) is 0. The summed E-state index contributed by atoms with van der Waals surface area (Å²) >= 11 is 1.54. The fourth-order valence-electron chi connectivity index (χ4n) is 3.49. The van der Waals surface area contributed by atoms with Gasteiger partial charge in [-0.25, -0.2) is 4.98 Å². The third kappa shape index (κ3) is 3.39. The zero-order valence-electron chi connectivity index (χ0n) is 16.0. The first-order valence-corrected chi connectivity index (χ1v) is 9.79. The molecule has 3 aromatic heterocycles. The highest BCUT2D eigenvalue weighted by Crippen LogP contribution is 2.40. The Morgan fingerprint density at radius 2 is 1.82 bits per heavy atom. The van der Waals surface area contributed by atoms with Crippen LogP contribution in [0.2, 0.25) is 0 Å².